The summed E-state index contributed by atoms with van der Waals surface area (Å²) in [6, 6.07) is 35.1. The Morgan fingerprint density at radius 1 is 0.562 bits per heavy atom. The fourth-order valence-corrected chi connectivity index (χ4v) is 9.57. The van der Waals surface area contributed by atoms with Gasteiger partial charge in [0.15, 0.2) is 0 Å². The smallest absolute Gasteiger partial charge is 0.0675 e. The lowest BCUT2D eigenvalue weighted by Crippen LogP contribution is -2.47. The van der Waals surface area contributed by atoms with Gasteiger partial charge >= 0.3 is 0 Å². The van der Waals surface area contributed by atoms with Crippen LogP contribution in [-0.4, -0.2) is 8.07 Å². The normalized spacial score (nSPS) is 14.8. The lowest BCUT2D eigenvalue weighted by molar-refractivity contribution is 1.43. The van der Waals surface area contributed by atoms with Crippen LogP contribution in [0.4, 0.5) is 0 Å². The largest absolute Gasteiger partial charge is 0.0943 e. The van der Waals surface area contributed by atoms with E-state index in [1.54, 1.807) is 4.92 Å². The van der Waals surface area contributed by atoms with E-state index in [1.165, 1.54) is 46.8 Å². The Bertz CT molecular complexity index is 1180. The molecule has 0 aliphatic heterocycles. The van der Waals surface area contributed by atoms with Gasteiger partial charge in [0.25, 0.3) is 0 Å². The van der Waals surface area contributed by atoms with Crippen molar-refractivity contribution in [3.05, 3.63) is 128 Å². The first-order chi connectivity index (χ1) is 15.6. The number of benzene rings is 3. The summed E-state index contributed by atoms with van der Waals surface area (Å²) >= 11 is 0. The summed E-state index contributed by atoms with van der Waals surface area (Å²) in [5.41, 5.74) is 8.11. The maximum atomic E-state index is 2.50. The van der Waals surface area contributed by atoms with Gasteiger partial charge in [0, 0.05) is 5.30 Å². The lowest BCUT2D eigenvalue weighted by Gasteiger charge is -2.32. The molecular weight excluding hydrogens is 419 g/mol. The van der Waals surface area contributed by atoms with Crippen LogP contribution in [-0.2, 0) is 0 Å². The van der Waals surface area contributed by atoms with Crippen molar-refractivity contribution in [2.45, 2.75) is 13.1 Å². The highest BCUT2D eigenvalue weighted by molar-refractivity contribution is 7.45. The predicted octanol–water partition coefficient (Wildman–Crippen LogP) is 8.13. The van der Waals surface area contributed by atoms with Crippen molar-refractivity contribution < 1.29 is 0 Å². The molecule has 0 atom stereocenters. The Hall–Kier alpha value is -2.47. The highest BCUT2D eigenvalue weighted by atomic mass is 31.0. The second-order valence-electron chi connectivity index (χ2n) is 8.68. The SMILES string of the molecule is C[Si](C)([C]1[CH][CH][CH][CH]1)c1pc(-c2ccccc2)c(-c2ccccc2)cc1-c1ccccc1. The number of hydrogen-bond acceptors (Lipinski definition) is 0. The van der Waals surface area contributed by atoms with E-state index in [2.05, 4.69) is 136 Å². The van der Waals surface area contributed by atoms with Crippen LogP contribution in [0.15, 0.2) is 97.1 Å². The van der Waals surface area contributed by atoms with Gasteiger partial charge in [0.1, 0.15) is 0 Å². The van der Waals surface area contributed by atoms with E-state index < -0.39 is 8.07 Å². The number of hydrogen-bond donors (Lipinski definition) is 0. The zero-order valence-corrected chi connectivity index (χ0v) is 20.4. The van der Waals surface area contributed by atoms with Crippen molar-refractivity contribution in [3.8, 4) is 33.1 Å². The van der Waals surface area contributed by atoms with E-state index >= 15 is 0 Å². The quantitative estimate of drug-likeness (QED) is 0.272. The topological polar surface area (TPSA) is 0 Å². The minimum atomic E-state index is -1.88. The first kappa shape index (κ1) is 21.4. The molecule has 0 N–H and O–H groups in total. The molecule has 1 saturated carbocycles. The van der Waals surface area contributed by atoms with Crippen LogP contribution >= 0.6 is 8.19 Å². The molecule has 3 aromatic carbocycles. The zero-order chi connectivity index (χ0) is 22.0. The van der Waals surface area contributed by atoms with Gasteiger partial charge in [0.2, 0.25) is 0 Å². The summed E-state index contributed by atoms with van der Waals surface area (Å²) in [4.78, 5) is 1.58. The summed E-state index contributed by atoms with van der Waals surface area (Å²) in [6.45, 7) is 5.00. The third kappa shape index (κ3) is 4.12. The molecule has 5 radical (unpaired) electrons. The Labute approximate surface area is 195 Å². The van der Waals surface area contributed by atoms with Crippen molar-refractivity contribution in [3.63, 3.8) is 0 Å². The van der Waals surface area contributed by atoms with Gasteiger partial charge in [-0.2, -0.15) is 0 Å². The number of rotatable bonds is 5. The van der Waals surface area contributed by atoms with Gasteiger partial charge in [-0.15, -0.1) is 0 Å². The standard InChI is InChI=1S/C30H26PSi/c1-32(2,26-20-12-13-21-26)30-28(24-16-8-4-9-17-24)22-27(23-14-6-3-7-15-23)29(31-30)25-18-10-5-11-19-25/h3-22H,1-2H3. The van der Waals surface area contributed by atoms with Gasteiger partial charge < -0.3 is 0 Å². The molecule has 1 aliphatic carbocycles. The second-order valence-corrected chi connectivity index (χ2v) is 14.5. The van der Waals surface area contributed by atoms with Crippen molar-refractivity contribution in [1.29, 1.82) is 0 Å². The summed E-state index contributed by atoms with van der Waals surface area (Å²) < 4.78 is 0. The average molecular weight is 446 g/mol. The molecule has 1 heterocycles. The van der Waals surface area contributed by atoms with Crippen LogP contribution in [0.25, 0.3) is 33.1 Å². The Morgan fingerprint density at radius 2 is 1.03 bits per heavy atom. The Balaban J connectivity index is 1.80. The molecule has 155 valence electrons. The molecule has 0 bridgehead atoms. The minimum Gasteiger partial charge on any atom is -0.0675 e. The predicted molar refractivity (Wildman–Crippen MR) is 143 cm³/mol. The summed E-state index contributed by atoms with van der Waals surface area (Å²) in [6.07, 6.45) is 8.99. The van der Waals surface area contributed by atoms with Crippen LogP contribution in [0.2, 0.25) is 13.1 Å². The molecule has 4 aromatic rings. The highest BCUT2D eigenvalue weighted by Gasteiger charge is 2.39. The maximum absolute atomic E-state index is 2.50. The summed E-state index contributed by atoms with van der Waals surface area (Å²) in [5.74, 6) is 0. The third-order valence-electron chi connectivity index (χ3n) is 6.22. The van der Waals surface area contributed by atoms with Crippen LogP contribution in [0.1, 0.15) is 0 Å². The lowest BCUT2D eigenvalue weighted by atomic mass is 9.99. The summed E-state index contributed by atoms with van der Waals surface area (Å²) in [5, 5.41) is 1.40. The van der Waals surface area contributed by atoms with Crippen molar-refractivity contribution in [1.82, 2.24) is 0 Å². The van der Waals surface area contributed by atoms with Crippen LogP contribution in [0, 0.1) is 31.2 Å². The molecule has 0 amide bonds. The van der Waals surface area contributed by atoms with Gasteiger partial charge in [-0.3, -0.25) is 0 Å². The molecule has 1 aromatic heterocycles. The van der Waals surface area contributed by atoms with Gasteiger partial charge in [-0.1, -0.05) is 112 Å². The van der Waals surface area contributed by atoms with Crippen molar-refractivity contribution in [2.75, 3.05) is 0 Å². The van der Waals surface area contributed by atoms with Crippen LogP contribution < -0.4 is 4.92 Å². The van der Waals surface area contributed by atoms with E-state index in [4.69, 9.17) is 0 Å². The van der Waals surface area contributed by atoms with Crippen LogP contribution in [0.3, 0.4) is 0 Å². The molecular formula is C30H26PSi. The Kier molecular flexibility index (Phi) is 6.13. The monoisotopic (exact) mass is 445 g/mol. The molecule has 2 heteroatoms. The van der Waals surface area contributed by atoms with Gasteiger partial charge in [-0.05, 0) is 70.0 Å². The molecule has 0 spiro atoms. The van der Waals surface area contributed by atoms with E-state index in [1.807, 2.05) is 0 Å². The van der Waals surface area contributed by atoms with E-state index in [0.717, 1.165) is 0 Å². The molecule has 0 unspecified atom stereocenters. The fourth-order valence-electron chi connectivity index (χ4n) is 4.41. The molecule has 0 saturated heterocycles. The molecule has 5 rings (SSSR count). The highest BCUT2D eigenvalue weighted by Crippen LogP contribution is 2.44. The minimum absolute atomic E-state index is 1.28. The molecule has 0 nitrogen and oxygen atoms in total. The van der Waals surface area contributed by atoms with Crippen LogP contribution in [0.5, 0.6) is 0 Å². The van der Waals surface area contributed by atoms with Gasteiger partial charge in [0.05, 0.1) is 8.07 Å². The maximum Gasteiger partial charge on any atom is 0.0943 e. The van der Waals surface area contributed by atoms with E-state index in [-0.39, 0.29) is 0 Å². The zero-order valence-electron chi connectivity index (χ0n) is 18.5. The summed E-state index contributed by atoms with van der Waals surface area (Å²) in [7, 11) is -0.557. The first-order valence-electron chi connectivity index (χ1n) is 11.1. The van der Waals surface area contributed by atoms with E-state index in [0.29, 0.717) is 0 Å². The average Bonchev–Trinajstić information content (AvgIpc) is 3.41. The van der Waals surface area contributed by atoms with E-state index in [9.17, 15) is 0 Å². The molecule has 1 aliphatic rings. The molecule has 32 heavy (non-hydrogen) atoms. The molecule has 1 fully saturated rings. The van der Waals surface area contributed by atoms with Crippen molar-refractivity contribution >= 4 is 21.2 Å². The second kappa shape index (κ2) is 9.18. The Morgan fingerprint density at radius 3 is 1.56 bits per heavy atom. The van der Waals surface area contributed by atoms with Crippen molar-refractivity contribution in [2.24, 2.45) is 0 Å². The fraction of sp³-hybridized carbons (Fsp3) is 0.0667. The first-order valence-corrected chi connectivity index (χ1v) is 15.0. The third-order valence-corrected chi connectivity index (χ3v) is 12.6. The van der Waals surface area contributed by atoms with Gasteiger partial charge in [-0.25, -0.2) is 0 Å².